The fraction of sp³-hybridized carbons (Fsp3) is 0.190. The van der Waals surface area contributed by atoms with E-state index in [4.69, 9.17) is 0 Å². The summed E-state index contributed by atoms with van der Waals surface area (Å²) in [7, 11) is 0. The molecule has 0 aliphatic rings. The summed E-state index contributed by atoms with van der Waals surface area (Å²) >= 11 is 0. The summed E-state index contributed by atoms with van der Waals surface area (Å²) < 4.78 is 27.5. The van der Waals surface area contributed by atoms with E-state index in [1.54, 1.807) is 6.07 Å². The van der Waals surface area contributed by atoms with Crippen molar-refractivity contribution in [2.75, 3.05) is 6.54 Å². The van der Waals surface area contributed by atoms with Crippen molar-refractivity contribution in [3.05, 3.63) is 87.7 Å². The molecule has 0 atom stereocenters. The van der Waals surface area contributed by atoms with Gasteiger partial charge in [-0.05, 0) is 37.6 Å². The molecule has 1 N–H and O–H groups in total. The van der Waals surface area contributed by atoms with Gasteiger partial charge in [0.25, 0.3) is 11.5 Å². The maximum absolute atomic E-state index is 13.2. The Hall–Kier alpha value is -3.35. The van der Waals surface area contributed by atoms with Gasteiger partial charge in [0, 0.05) is 30.3 Å². The minimum Gasteiger partial charge on any atom is -0.352 e. The van der Waals surface area contributed by atoms with E-state index in [-0.39, 0.29) is 17.7 Å². The molecule has 28 heavy (non-hydrogen) atoms. The summed E-state index contributed by atoms with van der Waals surface area (Å²) in [5, 5.41) is 6.99. The van der Waals surface area contributed by atoms with Crippen LogP contribution in [0.3, 0.4) is 0 Å². The molecule has 0 radical (unpaired) electrons. The summed E-state index contributed by atoms with van der Waals surface area (Å²) in [5.74, 6) is -2.58. The molecule has 1 aromatic heterocycles. The number of carbonyl (C=O) groups is 1. The Morgan fingerprint density at radius 2 is 1.79 bits per heavy atom. The number of amides is 1. The van der Waals surface area contributed by atoms with Crippen LogP contribution in [0, 0.1) is 18.6 Å². The standard InChI is InChI=1S/C21H19F2N3O2/c1-14-3-5-15(6-4-14)19-9-10-20(27)26(25-19)12-2-11-24-21(28)16-7-8-17(22)18(23)13-16/h3-10,13H,2,11-12H2,1H3,(H,24,28). The number of benzene rings is 2. The maximum Gasteiger partial charge on any atom is 0.266 e. The third-order valence-electron chi connectivity index (χ3n) is 4.23. The fourth-order valence-electron chi connectivity index (χ4n) is 2.66. The number of carbonyl (C=O) groups excluding carboxylic acids is 1. The number of aromatic nitrogens is 2. The van der Waals surface area contributed by atoms with Crippen molar-refractivity contribution < 1.29 is 13.6 Å². The second-order valence-electron chi connectivity index (χ2n) is 6.38. The third kappa shape index (κ3) is 4.68. The lowest BCUT2D eigenvalue weighted by molar-refractivity contribution is 0.0952. The van der Waals surface area contributed by atoms with Crippen LogP contribution < -0.4 is 10.9 Å². The van der Waals surface area contributed by atoms with E-state index in [0.717, 1.165) is 23.3 Å². The Kier molecular flexibility index (Phi) is 5.93. The smallest absolute Gasteiger partial charge is 0.266 e. The van der Waals surface area contributed by atoms with Crippen molar-refractivity contribution in [2.24, 2.45) is 0 Å². The lowest BCUT2D eigenvalue weighted by Gasteiger charge is -2.09. The molecule has 7 heteroatoms. The van der Waals surface area contributed by atoms with Crippen molar-refractivity contribution in [2.45, 2.75) is 19.9 Å². The van der Waals surface area contributed by atoms with E-state index >= 15 is 0 Å². The van der Waals surface area contributed by atoms with E-state index in [0.29, 0.717) is 18.7 Å². The van der Waals surface area contributed by atoms with E-state index < -0.39 is 17.5 Å². The highest BCUT2D eigenvalue weighted by Crippen LogP contribution is 2.15. The Morgan fingerprint density at radius 3 is 2.50 bits per heavy atom. The molecular formula is C21H19F2N3O2. The average molecular weight is 383 g/mol. The van der Waals surface area contributed by atoms with Gasteiger partial charge in [-0.2, -0.15) is 5.10 Å². The highest BCUT2D eigenvalue weighted by molar-refractivity contribution is 5.94. The average Bonchev–Trinajstić information content (AvgIpc) is 2.69. The van der Waals surface area contributed by atoms with Gasteiger partial charge in [-0.15, -0.1) is 0 Å². The van der Waals surface area contributed by atoms with Gasteiger partial charge in [0.15, 0.2) is 11.6 Å². The summed E-state index contributed by atoms with van der Waals surface area (Å²) in [5.41, 5.74) is 2.53. The van der Waals surface area contributed by atoms with E-state index in [2.05, 4.69) is 10.4 Å². The van der Waals surface area contributed by atoms with Crippen molar-refractivity contribution >= 4 is 5.91 Å². The number of aryl methyl sites for hydroxylation is 2. The van der Waals surface area contributed by atoms with Crippen molar-refractivity contribution in [3.8, 4) is 11.3 Å². The molecule has 0 fully saturated rings. The van der Waals surface area contributed by atoms with E-state index in [1.165, 1.54) is 16.8 Å². The number of hydrogen-bond acceptors (Lipinski definition) is 3. The molecule has 0 spiro atoms. The molecule has 144 valence electrons. The molecule has 0 saturated carbocycles. The molecule has 0 bridgehead atoms. The predicted octanol–water partition coefficient (Wildman–Crippen LogP) is 3.32. The fourth-order valence-corrected chi connectivity index (χ4v) is 2.66. The van der Waals surface area contributed by atoms with Crippen LogP contribution >= 0.6 is 0 Å². The number of nitrogens with zero attached hydrogens (tertiary/aromatic N) is 2. The summed E-state index contributed by atoms with van der Waals surface area (Å²) in [6.45, 7) is 2.57. The second kappa shape index (κ2) is 8.56. The van der Waals surface area contributed by atoms with Crippen LogP contribution in [0.4, 0.5) is 8.78 Å². The molecule has 2 aromatic carbocycles. The van der Waals surface area contributed by atoms with Crippen LogP contribution in [0.15, 0.2) is 59.4 Å². The quantitative estimate of drug-likeness (QED) is 0.664. The summed E-state index contributed by atoms with van der Waals surface area (Å²) in [4.78, 5) is 24.0. The van der Waals surface area contributed by atoms with Gasteiger partial charge in [-0.1, -0.05) is 29.8 Å². The topological polar surface area (TPSA) is 64.0 Å². The predicted molar refractivity (Wildman–Crippen MR) is 102 cm³/mol. The largest absolute Gasteiger partial charge is 0.352 e. The number of nitrogens with one attached hydrogen (secondary N) is 1. The zero-order valence-electron chi connectivity index (χ0n) is 15.3. The molecule has 0 aliphatic heterocycles. The normalized spacial score (nSPS) is 10.7. The molecule has 3 rings (SSSR count). The minimum absolute atomic E-state index is 0.0376. The van der Waals surface area contributed by atoms with Crippen LogP contribution in [0.1, 0.15) is 22.3 Å². The van der Waals surface area contributed by atoms with Crippen molar-refractivity contribution in [1.29, 1.82) is 0 Å². The Balaban J connectivity index is 1.59. The molecular weight excluding hydrogens is 364 g/mol. The van der Waals surface area contributed by atoms with Gasteiger partial charge in [0.05, 0.1) is 5.69 Å². The van der Waals surface area contributed by atoms with Crippen LogP contribution in [-0.4, -0.2) is 22.2 Å². The lowest BCUT2D eigenvalue weighted by atomic mass is 10.1. The monoisotopic (exact) mass is 383 g/mol. The molecule has 1 amide bonds. The third-order valence-corrected chi connectivity index (χ3v) is 4.23. The maximum atomic E-state index is 13.2. The Labute approximate surface area is 160 Å². The van der Waals surface area contributed by atoms with Crippen LogP contribution in [0.5, 0.6) is 0 Å². The first kappa shape index (κ1) is 19.4. The zero-order chi connectivity index (χ0) is 20.1. The highest BCUT2D eigenvalue weighted by Gasteiger charge is 2.09. The van der Waals surface area contributed by atoms with Gasteiger partial charge in [-0.25, -0.2) is 13.5 Å². The summed E-state index contributed by atoms with van der Waals surface area (Å²) in [6.07, 6.45) is 0.458. The van der Waals surface area contributed by atoms with E-state index in [1.807, 2.05) is 31.2 Å². The molecule has 0 saturated heterocycles. The van der Waals surface area contributed by atoms with Gasteiger partial charge in [-0.3, -0.25) is 9.59 Å². The van der Waals surface area contributed by atoms with Crippen molar-refractivity contribution in [3.63, 3.8) is 0 Å². The van der Waals surface area contributed by atoms with E-state index in [9.17, 15) is 18.4 Å². The highest BCUT2D eigenvalue weighted by atomic mass is 19.2. The SMILES string of the molecule is Cc1ccc(-c2ccc(=O)n(CCCNC(=O)c3ccc(F)c(F)c3)n2)cc1. The Bertz CT molecular complexity index is 1050. The van der Waals surface area contributed by atoms with Gasteiger partial charge < -0.3 is 5.32 Å². The number of rotatable bonds is 6. The number of hydrogen-bond donors (Lipinski definition) is 1. The molecule has 5 nitrogen and oxygen atoms in total. The van der Waals surface area contributed by atoms with Gasteiger partial charge >= 0.3 is 0 Å². The molecule has 0 unspecified atom stereocenters. The van der Waals surface area contributed by atoms with Crippen LogP contribution in [0.25, 0.3) is 11.3 Å². The van der Waals surface area contributed by atoms with Crippen LogP contribution in [-0.2, 0) is 6.54 Å². The molecule has 0 aliphatic carbocycles. The number of halogens is 2. The zero-order valence-corrected chi connectivity index (χ0v) is 15.3. The Morgan fingerprint density at radius 1 is 1.04 bits per heavy atom. The molecule has 3 aromatic rings. The first-order valence-corrected chi connectivity index (χ1v) is 8.82. The molecule has 1 heterocycles. The summed E-state index contributed by atoms with van der Waals surface area (Å²) in [6, 6.07) is 13.9. The van der Waals surface area contributed by atoms with Crippen LogP contribution in [0.2, 0.25) is 0 Å². The lowest BCUT2D eigenvalue weighted by Crippen LogP contribution is -2.28. The minimum atomic E-state index is -1.07. The first-order valence-electron chi connectivity index (χ1n) is 8.82. The second-order valence-corrected chi connectivity index (χ2v) is 6.38. The first-order chi connectivity index (χ1) is 13.4. The van der Waals surface area contributed by atoms with Gasteiger partial charge in [0.2, 0.25) is 0 Å². The van der Waals surface area contributed by atoms with Crippen molar-refractivity contribution in [1.82, 2.24) is 15.1 Å². The van der Waals surface area contributed by atoms with Gasteiger partial charge in [0.1, 0.15) is 0 Å².